The van der Waals surface area contributed by atoms with Gasteiger partial charge < -0.3 is 0 Å². The van der Waals surface area contributed by atoms with E-state index < -0.39 is 26.3 Å². The molecule has 3 nitrogen and oxygen atoms in total. The predicted molar refractivity (Wildman–Crippen MR) is 99.1 cm³/mol. The number of sulfone groups is 1. The zero-order valence-corrected chi connectivity index (χ0v) is 16.8. The van der Waals surface area contributed by atoms with Gasteiger partial charge in [-0.05, 0) is 64.0 Å². The average Bonchev–Trinajstić information content (AvgIpc) is 2.53. The Morgan fingerprint density at radius 3 is 2.19 bits per heavy atom. The predicted octanol–water partition coefficient (Wildman–Crippen LogP) is 4.84. The van der Waals surface area contributed by atoms with Gasteiger partial charge in [0.2, 0.25) is 0 Å². The summed E-state index contributed by atoms with van der Waals surface area (Å²) >= 11 is 0. The van der Waals surface area contributed by atoms with Crippen molar-refractivity contribution in [2.24, 2.45) is 11.8 Å². The molecule has 0 amide bonds. The Labute approximate surface area is 159 Å². The summed E-state index contributed by atoms with van der Waals surface area (Å²) in [6.45, 7) is 5.06. The van der Waals surface area contributed by atoms with Crippen LogP contribution in [0.3, 0.4) is 0 Å². The summed E-state index contributed by atoms with van der Waals surface area (Å²) in [4.78, 5) is 12.5. The number of hydrogen-bond donors (Lipinski definition) is 0. The van der Waals surface area contributed by atoms with Crippen molar-refractivity contribution in [2.75, 3.05) is 5.75 Å². The number of carbonyl (C=O) groups is 1. The van der Waals surface area contributed by atoms with Gasteiger partial charge in [0.25, 0.3) is 0 Å². The molecular formula is C20H27F3O3S. The van der Waals surface area contributed by atoms with Crippen LogP contribution in [0.15, 0.2) is 24.3 Å². The molecule has 1 saturated carbocycles. The van der Waals surface area contributed by atoms with Crippen molar-refractivity contribution >= 4 is 15.6 Å². The fraction of sp³-hybridized carbons (Fsp3) is 0.650. The number of rotatable bonds is 5. The van der Waals surface area contributed by atoms with Crippen molar-refractivity contribution in [3.63, 3.8) is 0 Å². The van der Waals surface area contributed by atoms with Gasteiger partial charge in [-0.3, -0.25) is 4.79 Å². The Hall–Kier alpha value is -1.37. The van der Waals surface area contributed by atoms with E-state index in [1.807, 2.05) is 0 Å². The Morgan fingerprint density at radius 1 is 1.07 bits per heavy atom. The maximum absolute atomic E-state index is 12.8. The van der Waals surface area contributed by atoms with Gasteiger partial charge in [0.05, 0.1) is 16.1 Å². The third-order valence-electron chi connectivity index (χ3n) is 5.32. The third kappa shape index (κ3) is 5.80. The van der Waals surface area contributed by atoms with Crippen LogP contribution in [-0.4, -0.2) is 24.7 Å². The van der Waals surface area contributed by atoms with Crippen molar-refractivity contribution in [3.8, 4) is 0 Å². The lowest BCUT2D eigenvalue weighted by molar-refractivity contribution is -0.137. The number of Topliss-reactive ketones (excluding diaryl/α,β-unsaturated/α-hetero) is 1. The highest BCUT2D eigenvalue weighted by molar-refractivity contribution is 7.92. The normalized spacial score (nSPS) is 21.9. The Kier molecular flexibility index (Phi) is 6.44. The quantitative estimate of drug-likeness (QED) is 0.706. The molecule has 0 heterocycles. The molecule has 1 aliphatic rings. The molecule has 0 unspecified atom stereocenters. The summed E-state index contributed by atoms with van der Waals surface area (Å²) in [5.74, 6) is -0.0863. The minimum Gasteiger partial charge on any atom is -0.299 e. The molecule has 1 aliphatic carbocycles. The molecule has 0 aromatic heterocycles. The van der Waals surface area contributed by atoms with Crippen LogP contribution >= 0.6 is 0 Å². The summed E-state index contributed by atoms with van der Waals surface area (Å²) in [5.41, 5.74) is -0.379. The summed E-state index contributed by atoms with van der Waals surface area (Å²) < 4.78 is 62.2. The van der Waals surface area contributed by atoms with Gasteiger partial charge >= 0.3 is 6.18 Å². The first-order chi connectivity index (χ1) is 12.3. The van der Waals surface area contributed by atoms with Crippen molar-refractivity contribution < 1.29 is 26.4 Å². The van der Waals surface area contributed by atoms with E-state index >= 15 is 0 Å². The second-order valence-corrected chi connectivity index (χ2v) is 11.2. The smallest absolute Gasteiger partial charge is 0.299 e. The van der Waals surface area contributed by atoms with Crippen LogP contribution in [0.2, 0.25) is 0 Å². The Balaban J connectivity index is 1.92. The molecule has 1 aromatic carbocycles. The summed E-state index contributed by atoms with van der Waals surface area (Å²) in [5, 5.41) is 0. The number of halogens is 3. The van der Waals surface area contributed by atoms with E-state index in [2.05, 4.69) is 0 Å². The number of hydrogen-bond acceptors (Lipinski definition) is 3. The molecule has 27 heavy (non-hydrogen) atoms. The molecule has 152 valence electrons. The van der Waals surface area contributed by atoms with E-state index in [-0.39, 0.29) is 29.8 Å². The number of benzene rings is 1. The highest BCUT2D eigenvalue weighted by Gasteiger charge is 2.35. The molecule has 0 saturated heterocycles. The van der Waals surface area contributed by atoms with E-state index in [1.165, 1.54) is 12.1 Å². The summed E-state index contributed by atoms with van der Waals surface area (Å²) in [6, 6.07) is 4.88. The van der Waals surface area contributed by atoms with Crippen LogP contribution < -0.4 is 0 Å². The minimum atomic E-state index is -4.42. The van der Waals surface area contributed by atoms with Crippen LogP contribution in [0, 0.1) is 11.8 Å². The van der Waals surface area contributed by atoms with Crippen LogP contribution in [0.25, 0.3) is 0 Å². The van der Waals surface area contributed by atoms with E-state index in [1.54, 1.807) is 20.8 Å². The van der Waals surface area contributed by atoms with E-state index in [0.29, 0.717) is 31.2 Å². The second kappa shape index (κ2) is 7.94. The average molecular weight is 404 g/mol. The van der Waals surface area contributed by atoms with Gasteiger partial charge in [-0.15, -0.1) is 0 Å². The summed E-state index contributed by atoms with van der Waals surface area (Å²) in [7, 11) is -3.19. The first kappa shape index (κ1) is 21.9. The molecule has 2 rings (SSSR count). The standard InChI is InChI=1S/C20H27F3O3S/c1-19(2,3)27(25,26)13-14-7-9-16(10-8-14)18(24)12-15-5-4-6-17(11-15)20(21,22)23/h4-6,11,14,16H,7-10,12-13H2,1-3H3. The molecule has 0 aliphatic heterocycles. The van der Waals surface area contributed by atoms with Gasteiger partial charge in [-0.2, -0.15) is 13.2 Å². The lowest BCUT2D eigenvalue weighted by atomic mass is 9.79. The second-order valence-electron chi connectivity index (χ2n) is 8.45. The van der Waals surface area contributed by atoms with E-state index in [9.17, 15) is 26.4 Å². The minimum absolute atomic E-state index is 0.0143. The fourth-order valence-electron chi connectivity index (χ4n) is 3.41. The van der Waals surface area contributed by atoms with Gasteiger partial charge in [0.15, 0.2) is 9.84 Å². The number of ketones is 1. The van der Waals surface area contributed by atoms with Gasteiger partial charge in [-0.25, -0.2) is 8.42 Å². The molecule has 0 radical (unpaired) electrons. The molecule has 7 heteroatoms. The van der Waals surface area contributed by atoms with Crippen molar-refractivity contribution in [3.05, 3.63) is 35.4 Å². The van der Waals surface area contributed by atoms with Crippen molar-refractivity contribution in [1.82, 2.24) is 0 Å². The van der Waals surface area contributed by atoms with Crippen LogP contribution in [0.1, 0.15) is 57.6 Å². The van der Waals surface area contributed by atoms with Crippen molar-refractivity contribution in [2.45, 2.75) is 63.8 Å². The lowest BCUT2D eigenvalue weighted by Gasteiger charge is -2.30. The van der Waals surface area contributed by atoms with Gasteiger partial charge in [-0.1, -0.05) is 18.2 Å². The Morgan fingerprint density at radius 2 is 1.67 bits per heavy atom. The highest BCUT2D eigenvalue weighted by Crippen LogP contribution is 2.34. The molecule has 1 fully saturated rings. The van der Waals surface area contributed by atoms with E-state index in [0.717, 1.165) is 12.1 Å². The zero-order chi connectivity index (χ0) is 20.5. The first-order valence-corrected chi connectivity index (χ1v) is 10.9. The van der Waals surface area contributed by atoms with Gasteiger partial charge in [0, 0.05) is 12.3 Å². The third-order valence-corrected chi connectivity index (χ3v) is 8.10. The monoisotopic (exact) mass is 404 g/mol. The van der Waals surface area contributed by atoms with Crippen molar-refractivity contribution in [1.29, 1.82) is 0 Å². The number of alkyl halides is 3. The maximum Gasteiger partial charge on any atom is 0.416 e. The molecule has 0 bridgehead atoms. The molecule has 0 N–H and O–H groups in total. The van der Waals surface area contributed by atoms with Crippen LogP contribution in [0.5, 0.6) is 0 Å². The summed E-state index contributed by atoms with van der Waals surface area (Å²) in [6.07, 6.45) is -1.91. The molecular weight excluding hydrogens is 377 g/mol. The first-order valence-electron chi connectivity index (χ1n) is 9.21. The maximum atomic E-state index is 12.8. The lowest BCUT2D eigenvalue weighted by Crippen LogP contribution is -2.35. The van der Waals surface area contributed by atoms with Crippen LogP contribution in [-0.2, 0) is 27.2 Å². The SMILES string of the molecule is CC(C)(C)S(=O)(=O)CC1CCC(C(=O)Cc2cccc(C(F)(F)F)c2)CC1. The Bertz CT molecular complexity index is 768. The molecule has 0 atom stereocenters. The fourth-order valence-corrected chi connectivity index (χ4v) is 4.87. The highest BCUT2D eigenvalue weighted by atomic mass is 32.2. The molecule has 1 aromatic rings. The van der Waals surface area contributed by atoms with Crippen LogP contribution in [0.4, 0.5) is 13.2 Å². The topological polar surface area (TPSA) is 51.2 Å². The van der Waals surface area contributed by atoms with E-state index in [4.69, 9.17) is 0 Å². The van der Waals surface area contributed by atoms with Gasteiger partial charge in [0.1, 0.15) is 5.78 Å². The largest absolute Gasteiger partial charge is 0.416 e. The molecule has 0 spiro atoms. The zero-order valence-electron chi connectivity index (χ0n) is 16.0. The number of carbonyl (C=O) groups excluding carboxylic acids is 1.